The number of ether oxygens (including phenoxy) is 1. The minimum absolute atomic E-state index is 0.586. The van der Waals surface area contributed by atoms with E-state index in [1.807, 2.05) is 26.0 Å². The van der Waals surface area contributed by atoms with Crippen LogP contribution < -0.4 is 15.4 Å². The Hall–Kier alpha value is -2.80. The highest BCUT2D eigenvalue weighted by molar-refractivity contribution is 5.63. The molecule has 0 radical (unpaired) electrons. The van der Waals surface area contributed by atoms with Crippen LogP contribution in [0.2, 0.25) is 0 Å². The van der Waals surface area contributed by atoms with Crippen molar-refractivity contribution in [2.75, 3.05) is 32.1 Å². The zero-order valence-electron chi connectivity index (χ0n) is 16.8. The first kappa shape index (κ1) is 19.9. The summed E-state index contributed by atoms with van der Waals surface area (Å²) in [5.74, 6) is 1.95. The SMILES string of the molecule is COc1cc(C)c(-c2ccnccnc(C)c(NCC3CCCNC3)n2)cn1. The van der Waals surface area contributed by atoms with E-state index in [9.17, 15) is 0 Å². The minimum atomic E-state index is 0.586. The fourth-order valence-electron chi connectivity index (χ4n) is 3.21. The van der Waals surface area contributed by atoms with E-state index >= 15 is 0 Å². The van der Waals surface area contributed by atoms with Gasteiger partial charge in [0.25, 0.3) is 0 Å². The summed E-state index contributed by atoms with van der Waals surface area (Å²) in [6.07, 6.45) is 9.30. The molecule has 148 valence electrons. The molecule has 1 saturated heterocycles. The summed E-state index contributed by atoms with van der Waals surface area (Å²) in [6.45, 7) is 6.99. The van der Waals surface area contributed by atoms with E-state index in [0.717, 1.165) is 48.0 Å². The Bertz CT molecular complexity index is 850. The number of anilines is 1. The van der Waals surface area contributed by atoms with Crippen molar-refractivity contribution in [2.24, 2.45) is 5.92 Å². The molecule has 0 aliphatic carbocycles. The zero-order valence-corrected chi connectivity index (χ0v) is 16.8. The molecule has 0 bridgehead atoms. The summed E-state index contributed by atoms with van der Waals surface area (Å²) < 4.78 is 5.22. The summed E-state index contributed by atoms with van der Waals surface area (Å²) in [5.41, 5.74) is 3.57. The van der Waals surface area contributed by atoms with Gasteiger partial charge in [-0.15, -0.1) is 0 Å². The number of aromatic nitrogens is 4. The summed E-state index contributed by atoms with van der Waals surface area (Å²) in [4.78, 5) is 17.9. The van der Waals surface area contributed by atoms with Gasteiger partial charge in [0.05, 0.1) is 18.5 Å². The molecule has 1 atom stereocenters. The number of nitrogens with one attached hydrogen (secondary N) is 2. The van der Waals surface area contributed by atoms with Crippen molar-refractivity contribution in [2.45, 2.75) is 26.7 Å². The van der Waals surface area contributed by atoms with E-state index in [1.54, 1.807) is 31.9 Å². The van der Waals surface area contributed by atoms with Crippen LogP contribution in [0.15, 0.2) is 36.9 Å². The van der Waals surface area contributed by atoms with Crippen LogP contribution in [0.25, 0.3) is 11.3 Å². The van der Waals surface area contributed by atoms with Gasteiger partial charge in [-0.2, -0.15) is 0 Å². The molecule has 1 fully saturated rings. The Morgan fingerprint density at radius 2 is 2.11 bits per heavy atom. The molecule has 1 unspecified atom stereocenters. The molecule has 0 amide bonds. The quantitative estimate of drug-likeness (QED) is 0.824. The molecule has 7 heteroatoms. The second-order valence-electron chi connectivity index (χ2n) is 6.96. The molecule has 0 saturated carbocycles. The number of pyridine rings is 1. The average Bonchev–Trinajstić information content (AvgIpc) is 2.72. The van der Waals surface area contributed by atoms with Crippen molar-refractivity contribution >= 4 is 5.82 Å². The van der Waals surface area contributed by atoms with Gasteiger partial charge in [-0.1, -0.05) is 0 Å². The van der Waals surface area contributed by atoms with Crippen LogP contribution in [0, 0.1) is 19.8 Å². The van der Waals surface area contributed by atoms with E-state index in [4.69, 9.17) is 9.72 Å². The largest absolute Gasteiger partial charge is 0.481 e. The monoisotopic (exact) mass is 380 g/mol. The first-order chi connectivity index (χ1) is 13.7. The molecule has 0 aromatic carbocycles. The Balaban J connectivity index is 1.99. The lowest BCUT2D eigenvalue weighted by Crippen LogP contribution is -2.33. The van der Waals surface area contributed by atoms with Crippen LogP contribution in [0.5, 0.6) is 5.88 Å². The number of hydrogen-bond acceptors (Lipinski definition) is 7. The molecule has 28 heavy (non-hydrogen) atoms. The van der Waals surface area contributed by atoms with Gasteiger partial charge < -0.3 is 15.4 Å². The van der Waals surface area contributed by atoms with Crippen LogP contribution in [0.4, 0.5) is 5.82 Å². The van der Waals surface area contributed by atoms with Crippen LogP contribution in [-0.4, -0.2) is 46.7 Å². The highest BCUT2D eigenvalue weighted by atomic mass is 16.5. The number of rotatable bonds is 5. The van der Waals surface area contributed by atoms with E-state index in [1.165, 1.54) is 12.8 Å². The maximum atomic E-state index is 5.22. The average molecular weight is 380 g/mol. The second kappa shape index (κ2) is 9.94. The zero-order chi connectivity index (χ0) is 19.8. The third-order valence-corrected chi connectivity index (χ3v) is 4.84. The molecular weight excluding hydrogens is 352 g/mol. The van der Waals surface area contributed by atoms with Crippen molar-refractivity contribution in [1.29, 1.82) is 0 Å². The second-order valence-corrected chi connectivity index (χ2v) is 6.96. The summed E-state index contributed by atoms with van der Waals surface area (Å²) in [6, 6.07) is 3.80. The summed E-state index contributed by atoms with van der Waals surface area (Å²) >= 11 is 0. The standard InChI is InChI=1S/C21H28N6O/c1-15-11-20(28-3)25-14-18(15)19-6-8-22-9-10-24-16(2)21(27-19)26-13-17-5-4-7-23-12-17/h6,8-11,14,17,23H,4-5,7,12-13H2,1-3H3,(H,26,27). The molecule has 7 nitrogen and oxygen atoms in total. The van der Waals surface area contributed by atoms with E-state index in [0.29, 0.717) is 11.8 Å². The van der Waals surface area contributed by atoms with Crippen molar-refractivity contribution in [1.82, 2.24) is 25.3 Å². The molecule has 3 rings (SSSR count). The molecular formula is C21H28N6O. The topological polar surface area (TPSA) is 84.9 Å². The first-order valence-corrected chi connectivity index (χ1v) is 9.65. The normalized spacial score (nSPS) is 16.2. The van der Waals surface area contributed by atoms with E-state index in [-0.39, 0.29) is 0 Å². The van der Waals surface area contributed by atoms with Crippen molar-refractivity contribution < 1.29 is 4.74 Å². The number of aryl methyl sites for hydroxylation is 2. The first-order valence-electron chi connectivity index (χ1n) is 9.65. The molecule has 1 aliphatic rings. The number of nitrogens with zero attached hydrogens (tertiary/aromatic N) is 4. The lowest BCUT2D eigenvalue weighted by molar-refractivity contribution is 0.392. The predicted molar refractivity (Wildman–Crippen MR) is 111 cm³/mol. The lowest BCUT2D eigenvalue weighted by atomic mass is 10.00. The van der Waals surface area contributed by atoms with Crippen LogP contribution in [0.3, 0.4) is 0 Å². The van der Waals surface area contributed by atoms with E-state index in [2.05, 4.69) is 25.6 Å². The van der Waals surface area contributed by atoms with Gasteiger partial charge in [-0.25, -0.2) is 9.97 Å². The fourth-order valence-corrected chi connectivity index (χ4v) is 3.21. The number of hydrogen-bond donors (Lipinski definition) is 2. The Morgan fingerprint density at radius 1 is 1.21 bits per heavy atom. The molecule has 3 heterocycles. The van der Waals surface area contributed by atoms with Crippen molar-refractivity contribution in [3.8, 4) is 17.1 Å². The van der Waals surface area contributed by atoms with Gasteiger partial charge in [0, 0.05) is 43.0 Å². The molecule has 2 aromatic heterocycles. The fraction of sp³-hybridized carbons (Fsp3) is 0.429. The van der Waals surface area contributed by atoms with Gasteiger partial charge in [0.1, 0.15) is 5.82 Å². The van der Waals surface area contributed by atoms with Gasteiger partial charge in [0.15, 0.2) is 0 Å². The van der Waals surface area contributed by atoms with Gasteiger partial charge >= 0.3 is 0 Å². The molecule has 1 aliphatic heterocycles. The molecule has 2 N–H and O–H groups in total. The Morgan fingerprint density at radius 3 is 2.86 bits per heavy atom. The summed E-state index contributed by atoms with van der Waals surface area (Å²) in [5, 5.41) is 6.97. The predicted octanol–water partition coefficient (Wildman–Crippen LogP) is 3.09. The van der Waals surface area contributed by atoms with Crippen LogP contribution in [0.1, 0.15) is 24.1 Å². The molecule has 2 aromatic rings. The number of methoxy groups -OCH3 is 1. The van der Waals surface area contributed by atoms with Crippen molar-refractivity contribution in [3.63, 3.8) is 0 Å². The minimum Gasteiger partial charge on any atom is -0.481 e. The Kier molecular flexibility index (Phi) is 7.08. The maximum Gasteiger partial charge on any atom is 0.213 e. The highest BCUT2D eigenvalue weighted by Crippen LogP contribution is 2.24. The molecule has 0 spiro atoms. The van der Waals surface area contributed by atoms with Crippen molar-refractivity contribution in [3.05, 3.63) is 48.2 Å². The third kappa shape index (κ3) is 5.36. The van der Waals surface area contributed by atoms with Crippen LogP contribution >= 0.6 is 0 Å². The third-order valence-electron chi connectivity index (χ3n) is 4.84. The van der Waals surface area contributed by atoms with Crippen LogP contribution in [-0.2, 0) is 0 Å². The smallest absolute Gasteiger partial charge is 0.213 e. The Labute approximate surface area is 166 Å². The highest BCUT2D eigenvalue weighted by Gasteiger charge is 2.13. The van der Waals surface area contributed by atoms with E-state index < -0.39 is 0 Å². The number of piperidine rings is 1. The van der Waals surface area contributed by atoms with Gasteiger partial charge in [-0.05, 0) is 57.3 Å². The lowest BCUT2D eigenvalue weighted by Gasteiger charge is -2.23. The van der Waals surface area contributed by atoms with Gasteiger partial charge in [0.2, 0.25) is 5.88 Å². The summed E-state index contributed by atoms with van der Waals surface area (Å²) in [7, 11) is 1.61. The van der Waals surface area contributed by atoms with Gasteiger partial charge in [-0.3, -0.25) is 9.97 Å². The maximum absolute atomic E-state index is 5.22.